The number of hydrogen-bond acceptors (Lipinski definition) is 2. The van der Waals surface area contributed by atoms with Gasteiger partial charge < -0.3 is 4.90 Å². The Labute approximate surface area is 294 Å². The third-order valence-electron chi connectivity index (χ3n) is 10.0. The zero-order valence-electron chi connectivity index (χ0n) is 30.0. The molecule has 0 unspecified atom stereocenters. The Kier molecular flexibility index (Phi) is 7.60. The number of fused-ring (bicyclic) bond motifs is 4. The summed E-state index contributed by atoms with van der Waals surface area (Å²) < 4.78 is 7.00. The van der Waals surface area contributed by atoms with Crippen molar-refractivity contribution in [3.8, 4) is 11.5 Å². The predicted molar refractivity (Wildman–Crippen MR) is 211 cm³/mol. The first-order valence-electron chi connectivity index (χ1n) is 17.6. The van der Waals surface area contributed by atoms with Crippen molar-refractivity contribution in [2.75, 3.05) is 4.90 Å². The molecule has 0 fully saturated rings. The average molecular weight is 655 g/mol. The normalized spacial score (nSPS) is 12.1. The number of nitrogens with zero attached hydrogens (tertiary/aromatic N) is 5. The molecule has 0 bridgehead atoms. The summed E-state index contributed by atoms with van der Waals surface area (Å²) in [4.78, 5) is 7.37. The van der Waals surface area contributed by atoms with E-state index in [1.54, 1.807) is 0 Å². The van der Waals surface area contributed by atoms with E-state index in [1.165, 1.54) is 44.2 Å². The van der Waals surface area contributed by atoms with Gasteiger partial charge in [0.1, 0.15) is 11.5 Å². The lowest BCUT2D eigenvalue weighted by atomic mass is 9.88. The standard InChI is InChI=1S/C45H44N5/c1-30(2)47-29-48(41-21-11-10-20-40(41)47)34-16-13-17-35(27-34)49(44-31(3)14-12-15-32(44)4)36-22-23-38-37-18-8-9-19-39(37)50(42(38)28-36)43-26-33(24-25-46-43)45(5,6)7/h8-30H,1-7H3/q+1. The SMILES string of the molecule is Cc1cccc(C)c1N(c1cccc(-n2[cH+]n(C(C)C)c3ccccc32)c1)c1ccc2c3ccccc3n(-c3cc(C(C)(C)C)ccn3)c2c1. The van der Waals surface area contributed by atoms with E-state index < -0.39 is 0 Å². The van der Waals surface area contributed by atoms with Gasteiger partial charge in [0.2, 0.25) is 0 Å². The maximum absolute atomic E-state index is 4.94. The molecule has 0 aliphatic rings. The number of rotatable bonds is 6. The average Bonchev–Trinajstić information content (AvgIpc) is 3.66. The molecule has 3 aromatic heterocycles. The number of aryl methyl sites for hydroxylation is 2. The van der Waals surface area contributed by atoms with Gasteiger partial charge in [-0.2, -0.15) is 4.57 Å². The molecule has 0 saturated heterocycles. The summed E-state index contributed by atoms with van der Waals surface area (Å²) in [5.41, 5.74) is 12.9. The Morgan fingerprint density at radius 2 is 1.30 bits per heavy atom. The first kappa shape index (κ1) is 31.6. The molecule has 50 heavy (non-hydrogen) atoms. The molecule has 3 heterocycles. The van der Waals surface area contributed by atoms with Crippen LogP contribution >= 0.6 is 0 Å². The van der Waals surface area contributed by atoms with Crippen molar-refractivity contribution in [1.82, 2.24) is 18.7 Å². The number of aromatic nitrogens is 4. The van der Waals surface area contributed by atoms with Crippen LogP contribution in [0.5, 0.6) is 0 Å². The van der Waals surface area contributed by atoms with Crippen LogP contribution in [-0.2, 0) is 5.41 Å². The summed E-state index contributed by atoms with van der Waals surface area (Å²) in [5.74, 6) is 0.930. The van der Waals surface area contributed by atoms with Crippen molar-refractivity contribution in [3.63, 3.8) is 0 Å². The van der Waals surface area contributed by atoms with Crippen molar-refractivity contribution in [2.45, 2.75) is 59.9 Å². The smallest absolute Gasteiger partial charge is 0.191 e. The van der Waals surface area contributed by atoms with E-state index in [4.69, 9.17) is 4.98 Å². The zero-order valence-corrected chi connectivity index (χ0v) is 30.0. The fourth-order valence-corrected chi connectivity index (χ4v) is 7.45. The molecule has 8 rings (SSSR count). The topological polar surface area (TPSA) is 30.9 Å². The fraction of sp³-hybridized carbons (Fsp3) is 0.200. The molecular weight excluding hydrogens is 611 g/mol. The second-order valence-corrected chi connectivity index (χ2v) is 14.8. The van der Waals surface area contributed by atoms with Crippen LogP contribution in [0.1, 0.15) is 57.4 Å². The maximum Gasteiger partial charge on any atom is 0.191 e. The molecule has 0 saturated carbocycles. The maximum atomic E-state index is 4.94. The second kappa shape index (κ2) is 12.0. The number of benzene rings is 5. The van der Waals surface area contributed by atoms with Crippen LogP contribution in [0.15, 0.2) is 134 Å². The molecule has 5 heteroatoms. The van der Waals surface area contributed by atoms with Gasteiger partial charge in [0.05, 0.1) is 28.5 Å². The van der Waals surface area contributed by atoms with Gasteiger partial charge in [-0.3, -0.25) is 4.57 Å². The molecular formula is C45H44N5+. The molecule has 8 aromatic rings. The number of para-hydroxylation sites is 4. The summed E-state index contributed by atoms with van der Waals surface area (Å²) in [6, 6.07) is 44.4. The minimum Gasteiger partial charge on any atom is -0.309 e. The first-order valence-corrected chi connectivity index (χ1v) is 17.6. The van der Waals surface area contributed by atoms with Crippen LogP contribution < -0.4 is 4.90 Å². The van der Waals surface area contributed by atoms with Gasteiger partial charge >= 0.3 is 0 Å². The minimum atomic E-state index is 0.00523. The molecule has 5 aromatic carbocycles. The van der Waals surface area contributed by atoms with Gasteiger partial charge in [-0.1, -0.05) is 63.2 Å². The van der Waals surface area contributed by atoms with Crippen LogP contribution in [0.3, 0.4) is 0 Å². The van der Waals surface area contributed by atoms with Gasteiger partial charge in [0, 0.05) is 46.9 Å². The van der Waals surface area contributed by atoms with Gasteiger partial charge in [-0.15, -0.1) is 0 Å². The van der Waals surface area contributed by atoms with Gasteiger partial charge in [-0.25, -0.2) is 9.55 Å². The molecule has 0 N–H and O–H groups in total. The zero-order chi connectivity index (χ0) is 34.7. The predicted octanol–water partition coefficient (Wildman–Crippen LogP) is 12.2. The Morgan fingerprint density at radius 1 is 0.640 bits per heavy atom. The number of pyridine rings is 1. The Hall–Kier alpha value is -5.68. The molecule has 0 radical (unpaired) electrons. The summed E-state index contributed by atoms with van der Waals surface area (Å²) in [5, 5.41) is 2.43. The Bertz CT molecular complexity index is 2520. The Morgan fingerprint density at radius 3 is 2.04 bits per heavy atom. The lowest BCUT2D eigenvalue weighted by Crippen LogP contribution is -2.14. The summed E-state index contributed by atoms with van der Waals surface area (Å²) in [7, 11) is 0. The number of hydrogen-bond donors (Lipinski definition) is 0. The lowest BCUT2D eigenvalue weighted by Gasteiger charge is -2.29. The Balaban J connectivity index is 1.37. The van der Waals surface area contributed by atoms with Crippen LogP contribution in [-0.4, -0.2) is 18.7 Å². The van der Waals surface area contributed by atoms with Crippen molar-refractivity contribution in [3.05, 3.63) is 151 Å². The van der Waals surface area contributed by atoms with Crippen LogP contribution in [0.2, 0.25) is 0 Å². The quantitative estimate of drug-likeness (QED) is 0.167. The van der Waals surface area contributed by atoms with E-state index >= 15 is 0 Å². The van der Waals surface area contributed by atoms with E-state index in [2.05, 4.69) is 195 Å². The van der Waals surface area contributed by atoms with Gasteiger partial charge in [-0.05, 0) is 104 Å². The van der Waals surface area contributed by atoms with Crippen molar-refractivity contribution in [2.24, 2.45) is 0 Å². The highest BCUT2D eigenvalue weighted by molar-refractivity contribution is 6.10. The molecule has 0 aliphatic carbocycles. The van der Waals surface area contributed by atoms with Gasteiger partial charge in [0.25, 0.3) is 0 Å². The third kappa shape index (κ3) is 5.25. The van der Waals surface area contributed by atoms with Crippen LogP contribution in [0.25, 0.3) is 44.3 Å². The summed E-state index contributed by atoms with van der Waals surface area (Å²) in [6.07, 6.45) is 4.18. The molecule has 0 amide bonds. The second-order valence-electron chi connectivity index (χ2n) is 14.8. The summed E-state index contributed by atoms with van der Waals surface area (Å²) >= 11 is 0. The first-order chi connectivity index (χ1) is 24.1. The highest BCUT2D eigenvalue weighted by Gasteiger charge is 2.24. The van der Waals surface area contributed by atoms with Crippen LogP contribution in [0, 0.1) is 13.8 Å². The van der Waals surface area contributed by atoms with Crippen molar-refractivity contribution < 1.29 is 0 Å². The third-order valence-corrected chi connectivity index (χ3v) is 10.0. The van der Waals surface area contributed by atoms with E-state index in [0.29, 0.717) is 6.04 Å². The van der Waals surface area contributed by atoms with E-state index in [-0.39, 0.29) is 5.41 Å². The molecule has 248 valence electrons. The highest BCUT2D eigenvalue weighted by atomic mass is 15.2. The largest absolute Gasteiger partial charge is 0.309 e. The van der Waals surface area contributed by atoms with E-state index in [9.17, 15) is 0 Å². The van der Waals surface area contributed by atoms with Crippen molar-refractivity contribution >= 4 is 49.9 Å². The van der Waals surface area contributed by atoms with Gasteiger partial charge in [0.15, 0.2) is 17.4 Å². The molecule has 5 nitrogen and oxygen atoms in total. The van der Waals surface area contributed by atoms with E-state index in [1.807, 2.05) is 6.20 Å². The fourth-order valence-electron chi connectivity index (χ4n) is 7.45. The number of imidazole rings is 1. The minimum absolute atomic E-state index is 0.00523. The highest BCUT2D eigenvalue weighted by Crippen LogP contribution is 2.42. The van der Waals surface area contributed by atoms with Crippen molar-refractivity contribution in [1.29, 1.82) is 0 Å². The van der Waals surface area contributed by atoms with E-state index in [0.717, 1.165) is 33.9 Å². The molecule has 0 aliphatic heterocycles. The monoisotopic (exact) mass is 654 g/mol. The lowest BCUT2D eigenvalue weighted by molar-refractivity contribution is 0.588. The molecule has 0 spiro atoms. The summed E-state index contributed by atoms with van der Waals surface area (Å²) in [6.45, 7) is 15.7. The number of anilines is 3. The van der Waals surface area contributed by atoms with Crippen LogP contribution in [0.4, 0.5) is 17.1 Å². The molecule has 0 atom stereocenters.